The molecular formula is C14H22N4O. The number of likely N-dealkylation sites (tertiary alicyclic amines) is 1. The van der Waals surface area contributed by atoms with Gasteiger partial charge >= 0.3 is 0 Å². The molecule has 0 aromatic carbocycles. The van der Waals surface area contributed by atoms with Gasteiger partial charge in [0.15, 0.2) is 0 Å². The van der Waals surface area contributed by atoms with E-state index in [-0.39, 0.29) is 5.91 Å². The number of nitrogens with zero attached hydrogens (tertiary/aromatic N) is 4. The summed E-state index contributed by atoms with van der Waals surface area (Å²) in [6.07, 6.45) is 7.81. The van der Waals surface area contributed by atoms with E-state index in [1.807, 2.05) is 11.2 Å². The van der Waals surface area contributed by atoms with Crippen LogP contribution in [0.5, 0.6) is 0 Å². The minimum Gasteiger partial charge on any atom is -0.343 e. The van der Waals surface area contributed by atoms with Crippen molar-refractivity contribution < 1.29 is 4.79 Å². The summed E-state index contributed by atoms with van der Waals surface area (Å²) in [6.45, 7) is 4.54. The lowest BCUT2D eigenvalue weighted by Crippen LogP contribution is -2.39. The first-order valence-electron chi connectivity index (χ1n) is 7.34. The van der Waals surface area contributed by atoms with Gasteiger partial charge in [0.05, 0.1) is 0 Å². The van der Waals surface area contributed by atoms with E-state index in [1.54, 1.807) is 6.92 Å². The van der Waals surface area contributed by atoms with Crippen molar-refractivity contribution in [2.45, 2.75) is 45.6 Å². The molecule has 104 valence electrons. The topological polar surface area (TPSA) is 51.0 Å². The molecule has 1 saturated carbocycles. The molecule has 1 aromatic rings. The highest BCUT2D eigenvalue weighted by molar-refractivity contribution is 5.73. The fourth-order valence-electron chi connectivity index (χ4n) is 2.94. The van der Waals surface area contributed by atoms with E-state index in [0.29, 0.717) is 5.92 Å². The van der Waals surface area contributed by atoms with Crippen LogP contribution in [0.15, 0.2) is 6.33 Å². The van der Waals surface area contributed by atoms with Gasteiger partial charge in [0.2, 0.25) is 5.91 Å². The Balaban J connectivity index is 1.60. The van der Waals surface area contributed by atoms with Crippen LogP contribution < -0.4 is 0 Å². The van der Waals surface area contributed by atoms with Gasteiger partial charge in [0.1, 0.15) is 12.2 Å². The molecule has 0 spiro atoms. The number of aromatic nitrogens is 3. The second-order valence-electron chi connectivity index (χ2n) is 6.02. The highest BCUT2D eigenvalue weighted by Crippen LogP contribution is 2.31. The number of hydrogen-bond acceptors (Lipinski definition) is 3. The Hall–Kier alpha value is -1.39. The Kier molecular flexibility index (Phi) is 3.53. The minimum atomic E-state index is 0.198. The van der Waals surface area contributed by atoms with E-state index < -0.39 is 0 Å². The molecule has 3 rings (SSSR count). The van der Waals surface area contributed by atoms with Crippen LogP contribution in [0.3, 0.4) is 0 Å². The fraction of sp³-hybridized carbons (Fsp3) is 0.786. The predicted molar refractivity (Wildman–Crippen MR) is 71.4 cm³/mol. The molecule has 1 aromatic heterocycles. The molecule has 1 amide bonds. The van der Waals surface area contributed by atoms with Gasteiger partial charge in [-0.2, -0.15) is 0 Å². The van der Waals surface area contributed by atoms with Crippen molar-refractivity contribution in [2.75, 3.05) is 13.1 Å². The number of rotatable bonds is 4. The summed E-state index contributed by atoms with van der Waals surface area (Å²) in [6, 6.07) is 0. The van der Waals surface area contributed by atoms with Gasteiger partial charge in [0.25, 0.3) is 0 Å². The lowest BCUT2D eigenvalue weighted by atomic mass is 9.94. The van der Waals surface area contributed by atoms with Crippen molar-refractivity contribution >= 4 is 5.91 Å². The Morgan fingerprint density at radius 3 is 2.95 bits per heavy atom. The van der Waals surface area contributed by atoms with E-state index in [2.05, 4.69) is 14.8 Å². The lowest BCUT2D eigenvalue weighted by Gasteiger charge is -2.31. The largest absolute Gasteiger partial charge is 0.343 e. The maximum absolute atomic E-state index is 11.5. The third kappa shape index (κ3) is 3.14. The van der Waals surface area contributed by atoms with Gasteiger partial charge in [-0.3, -0.25) is 4.79 Å². The number of piperidine rings is 1. The van der Waals surface area contributed by atoms with Crippen molar-refractivity contribution in [3.63, 3.8) is 0 Å². The highest BCUT2D eigenvalue weighted by atomic mass is 16.2. The van der Waals surface area contributed by atoms with Gasteiger partial charge in [0, 0.05) is 33.0 Å². The van der Waals surface area contributed by atoms with Crippen molar-refractivity contribution in [2.24, 2.45) is 11.8 Å². The molecule has 1 aliphatic heterocycles. The molecule has 1 saturated heterocycles. The van der Waals surface area contributed by atoms with Crippen molar-refractivity contribution in [3.05, 3.63) is 12.2 Å². The highest BCUT2D eigenvalue weighted by Gasteiger charge is 2.26. The molecule has 0 radical (unpaired) electrons. The molecule has 0 bridgehead atoms. The smallest absolute Gasteiger partial charge is 0.219 e. The van der Waals surface area contributed by atoms with E-state index >= 15 is 0 Å². The van der Waals surface area contributed by atoms with Crippen molar-refractivity contribution in [3.8, 4) is 0 Å². The minimum absolute atomic E-state index is 0.198. The van der Waals surface area contributed by atoms with Gasteiger partial charge in [-0.15, -0.1) is 10.2 Å². The average Bonchev–Trinajstić information content (AvgIpc) is 3.11. The Labute approximate surface area is 114 Å². The maximum atomic E-state index is 11.5. The van der Waals surface area contributed by atoms with Crippen LogP contribution in [0.1, 0.15) is 38.4 Å². The van der Waals surface area contributed by atoms with E-state index in [0.717, 1.165) is 44.2 Å². The van der Waals surface area contributed by atoms with Gasteiger partial charge in [-0.25, -0.2) is 0 Å². The zero-order chi connectivity index (χ0) is 13.2. The second-order valence-corrected chi connectivity index (χ2v) is 6.02. The second kappa shape index (κ2) is 5.31. The van der Waals surface area contributed by atoms with Crippen LogP contribution in [0.4, 0.5) is 0 Å². The van der Waals surface area contributed by atoms with Gasteiger partial charge in [-0.1, -0.05) is 0 Å². The first kappa shape index (κ1) is 12.6. The zero-order valence-electron chi connectivity index (χ0n) is 11.6. The average molecular weight is 262 g/mol. The van der Waals surface area contributed by atoms with Crippen LogP contribution in [0, 0.1) is 11.8 Å². The van der Waals surface area contributed by atoms with Gasteiger partial charge in [-0.05, 0) is 37.5 Å². The molecular weight excluding hydrogens is 240 g/mol. The normalized spacial score (nSPS) is 23.6. The predicted octanol–water partition coefficient (Wildman–Crippen LogP) is 1.49. The Morgan fingerprint density at radius 1 is 1.37 bits per heavy atom. The zero-order valence-corrected chi connectivity index (χ0v) is 11.6. The lowest BCUT2D eigenvalue weighted by molar-refractivity contribution is -0.130. The summed E-state index contributed by atoms with van der Waals surface area (Å²) in [4.78, 5) is 13.4. The molecule has 5 nitrogen and oxygen atoms in total. The molecule has 0 N–H and O–H groups in total. The van der Waals surface area contributed by atoms with Crippen molar-refractivity contribution in [1.82, 2.24) is 19.7 Å². The fourth-order valence-corrected chi connectivity index (χ4v) is 2.94. The SMILES string of the molecule is CC(=O)N1CCCC(Cc2nncn2CC2CC2)C1. The summed E-state index contributed by atoms with van der Waals surface area (Å²) < 4.78 is 2.21. The molecule has 1 atom stereocenters. The molecule has 1 unspecified atom stereocenters. The molecule has 19 heavy (non-hydrogen) atoms. The molecule has 1 aliphatic carbocycles. The summed E-state index contributed by atoms with van der Waals surface area (Å²) in [5.41, 5.74) is 0. The van der Waals surface area contributed by atoms with E-state index in [1.165, 1.54) is 19.3 Å². The summed E-state index contributed by atoms with van der Waals surface area (Å²) in [5, 5.41) is 8.33. The summed E-state index contributed by atoms with van der Waals surface area (Å²) in [7, 11) is 0. The van der Waals surface area contributed by atoms with Crippen LogP contribution in [-0.2, 0) is 17.8 Å². The van der Waals surface area contributed by atoms with E-state index in [9.17, 15) is 4.79 Å². The van der Waals surface area contributed by atoms with E-state index in [4.69, 9.17) is 0 Å². The quantitative estimate of drug-likeness (QED) is 0.826. The first-order valence-corrected chi connectivity index (χ1v) is 7.34. The van der Waals surface area contributed by atoms with Crippen LogP contribution in [0.2, 0.25) is 0 Å². The third-order valence-corrected chi connectivity index (χ3v) is 4.28. The maximum Gasteiger partial charge on any atom is 0.219 e. The standard InChI is InChI=1S/C14H22N4O/c1-11(19)17-6-2-3-13(9-17)7-14-16-15-10-18(14)8-12-4-5-12/h10,12-13H,2-9H2,1H3. The molecule has 5 heteroatoms. The molecule has 2 heterocycles. The summed E-state index contributed by atoms with van der Waals surface area (Å²) in [5.74, 6) is 2.68. The van der Waals surface area contributed by atoms with Crippen LogP contribution in [0.25, 0.3) is 0 Å². The van der Waals surface area contributed by atoms with Gasteiger partial charge < -0.3 is 9.47 Å². The number of amides is 1. The van der Waals surface area contributed by atoms with Crippen LogP contribution >= 0.6 is 0 Å². The third-order valence-electron chi connectivity index (χ3n) is 4.28. The Morgan fingerprint density at radius 2 is 2.21 bits per heavy atom. The first-order chi connectivity index (χ1) is 9.22. The number of carbonyl (C=O) groups is 1. The number of carbonyl (C=O) groups excluding carboxylic acids is 1. The molecule has 2 fully saturated rings. The summed E-state index contributed by atoms with van der Waals surface area (Å²) >= 11 is 0. The van der Waals surface area contributed by atoms with Crippen molar-refractivity contribution in [1.29, 1.82) is 0 Å². The molecule has 2 aliphatic rings. The van der Waals surface area contributed by atoms with Crippen LogP contribution in [-0.4, -0.2) is 38.7 Å². The number of hydrogen-bond donors (Lipinski definition) is 0. The Bertz CT molecular complexity index is 452. The monoisotopic (exact) mass is 262 g/mol.